The van der Waals surface area contributed by atoms with E-state index in [4.69, 9.17) is 0 Å². The third-order valence-corrected chi connectivity index (χ3v) is 4.81. The number of likely N-dealkylation sites (tertiary alicyclic amines) is 1. The molecule has 0 aromatic heterocycles. The molecule has 102 valence electrons. The smallest absolute Gasteiger partial charge is 0.230 e. The first-order valence-electron chi connectivity index (χ1n) is 7.19. The fourth-order valence-electron chi connectivity index (χ4n) is 4.00. The van der Waals surface area contributed by atoms with Crippen molar-refractivity contribution in [3.63, 3.8) is 0 Å². The van der Waals surface area contributed by atoms with Gasteiger partial charge >= 0.3 is 0 Å². The van der Waals surface area contributed by atoms with Gasteiger partial charge in [0.05, 0.1) is 0 Å². The van der Waals surface area contributed by atoms with E-state index in [1.165, 1.54) is 10.5 Å². The summed E-state index contributed by atoms with van der Waals surface area (Å²) in [7, 11) is 0. The van der Waals surface area contributed by atoms with Crippen LogP contribution in [0.1, 0.15) is 53.1 Å². The van der Waals surface area contributed by atoms with Crippen molar-refractivity contribution in [2.24, 2.45) is 0 Å². The summed E-state index contributed by atoms with van der Waals surface area (Å²) in [6, 6.07) is 5.23. The van der Waals surface area contributed by atoms with Crippen molar-refractivity contribution in [1.82, 2.24) is 4.90 Å². The van der Waals surface area contributed by atoms with Crippen molar-refractivity contribution in [1.29, 1.82) is 0 Å². The van der Waals surface area contributed by atoms with Gasteiger partial charge in [0.25, 0.3) is 0 Å². The van der Waals surface area contributed by atoms with Crippen LogP contribution in [0.25, 0.3) is 0 Å². The van der Waals surface area contributed by atoms with E-state index in [0.29, 0.717) is 0 Å². The quantitative estimate of drug-likeness (QED) is 0.731. The molecule has 0 bridgehead atoms. The van der Waals surface area contributed by atoms with Gasteiger partial charge in [0, 0.05) is 24.3 Å². The maximum absolute atomic E-state index is 12.7. The van der Waals surface area contributed by atoms with Crippen molar-refractivity contribution in [3.05, 3.63) is 34.9 Å². The number of ketones is 1. The van der Waals surface area contributed by atoms with Crippen LogP contribution < -0.4 is 0 Å². The fraction of sp³-hybridized carbons (Fsp3) is 0.438. The topological polar surface area (TPSA) is 54.5 Å². The van der Waals surface area contributed by atoms with Crippen LogP contribution in [0, 0.1) is 0 Å². The van der Waals surface area contributed by atoms with E-state index < -0.39 is 6.04 Å². The summed E-state index contributed by atoms with van der Waals surface area (Å²) < 4.78 is 0. The zero-order valence-electron chi connectivity index (χ0n) is 11.1. The van der Waals surface area contributed by atoms with E-state index in [2.05, 4.69) is 6.07 Å². The van der Waals surface area contributed by atoms with Gasteiger partial charge in [-0.3, -0.25) is 19.3 Å². The predicted octanol–water partition coefficient (Wildman–Crippen LogP) is 1.82. The fourth-order valence-corrected chi connectivity index (χ4v) is 4.00. The van der Waals surface area contributed by atoms with Gasteiger partial charge < -0.3 is 0 Å². The summed E-state index contributed by atoms with van der Waals surface area (Å²) in [6.45, 7) is 0. The lowest BCUT2D eigenvalue weighted by Crippen LogP contribution is -2.45. The molecule has 2 amide bonds. The van der Waals surface area contributed by atoms with Crippen molar-refractivity contribution >= 4 is 17.6 Å². The Morgan fingerprint density at radius 1 is 1.00 bits per heavy atom. The van der Waals surface area contributed by atoms with E-state index in [-0.39, 0.29) is 36.4 Å². The highest BCUT2D eigenvalue weighted by Gasteiger charge is 2.49. The van der Waals surface area contributed by atoms with Crippen LogP contribution in [0.15, 0.2) is 18.2 Å². The third-order valence-electron chi connectivity index (χ3n) is 4.81. The third kappa shape index (κ3) is 1.39. The Labute approximate surface area is 116 Å². The van der Waals surface area contributed by atoms with E-state index in [0.717, 1.165) is 30.4 Å². The summed E-state index contributed by atoms with van der Waals surface area (Å²) in [5.74, 6) is -0.396. The van der Waals surface area contributed by atoms with Gasteiger partial charge in [-0.05, 0) is 30.4 Å². The molecule has 3 aliphatic rings. The van der Waals surface area contributed by atoms with Gasteiger partial charge in [-0.15, -0.1) is 0 Å². The maximum Gasteiger partial charge on any atom is 0.230 e. The molecular formula is C16H15NO3. The molecule has 1 heterocycles. The number of carbonyl (C=O) groups excluding carboxylic acids is 3. The second-order valence-electron chi connectivity index (χ2n) is 5.84. The summed E-state index contributed by atoms with van der Waals surface area (Å²) >= 11 is 0. The summed E-state index contributed by atoms with van der Waals surface area (Å²) in [6.07, 6.45) is 3.39. The molecular weight excluding hydrogens is 254 g/mol. The molecule has 20 heavy (non-hydrogen) atoms. The molecule has 1 fully saturated rings. The Balaban J connectivity index is 1.84. The van der Waals surface area contributed by atoms with E-state index in [1.54, 1.807) is 0 Å². The number of hydrogen-bond acceptors (Lipinski definition) is 3. The lowest BCUT2D eigenvalue weighted by molar-refractivity contribution is -0.140. The van der Waals surface area contributed by atoms with Crippen LogP contribution in [0.2, 0.25) is 0 Å². The number of Topliss-reactive ketones (excluding diaryl/α,β-unsaturated/α-hetero) is 1. The summed E-state index contributed by atoms with van der Waals surface area (Å²) in [5.41, 5.74) is 3.04. The molecule has 0 saturated carbocycles. The van der Waals surface area contributed by atoms with Crippen LogP contribution in [0.3, 0.4) is 0 Å². The van der Waals surface area contributed by atoms with Crippen molar-refractivity contribution < 1.29 is 14.4 Å². The molecule has 1 saturated heterocycles. The maximum atomic E-state index is 12.7. The van der Waals surface area contributed by atoms with Crippen molar-refractivity contribution in [2.45, 2.75) is 44.1 Å². The van der Waals surface area contributed by atoms with E-state index in [9.17, 15) is 14.4 Å². The van der Waals surface area contributed by atoms with Gasteiger partial charge in [0.15, 0.2) is 5.78 Å². The number of aryl methyl sites for hydroxylation is 1. The number of hydrogen-bond donors (Lipinski definition) is 0. The first-order valence-corrected chi connectivity index (χ1v) is 7.19. The second kappa shape index (κ2) is 4.01. The SMILES string of the molecule is O=C1c2cccc3c2C(CCC3)C1N1C(=O)CCC1=O. The van der Waals surface area contributed by atoms with E-state index >= 15 is 0 Å². The highest BCUT2D eigenvalue weighted by molar-refractivity contribution is 6.12. The Hall–Kier alpha value is -1.97. The highest BCUT2D eigenvalue weighted by atomic mass is 16.2. The first-order chi connectivity index (χ1) is 9.68. The first kappa shape index (κ1) is 11.8. The van der Waals surface area contributed by atoms with Gasteiger partial charge in [0.2, 0.25) is 11.8 Å². The zero-order valence-corrected chi connectivity index (χ0v) is 11.1. The highest BCUT2D eigenvalue weighted by Crippen LogP contribution is 2.45. The van der Waals surface area contributed by atoms with Gasteiger partial charge in [0.1, 0.15) is 6.04 Å². The molecule has 0 spiro atoms. The number of amides is 2. The number of rotatable bonds is 1. The van der Waals surface area contributed by atoms with Gasteiger partial charge in [-0.2, -0.15) is 0 Å². The molecule has 0 radical (unpaired) electrons. The lowest BCUT2D eigenvalue weighted by Gasteiger charge is -2.30. The molecule has 2 aliphatic carbocycles. The van der Waals surface area contributed by atoms with Crippen LogP contribution in [-0.4, -0.2) is 28.5 Å². The molecule has 4 nitrogen and oxygen atoms in total. The normalized spacial score (nSPS) is 28.2. The standard InChI is InChI=1S/C16H15NO3/c18-12-7-8-13(19)17(12)15-10-5-1-3-9-4-2-6-11(14(9)10)16(15)20/h2,4,6,10,15H,1,3,5,7-8H2. The Morgan fingerprint density at radius 3 is 2.50 bits per heavy atom. The number of imide groups is 1. The largest absolute Gasteiger partial charge is 0.292 e. The average Bonchev–Trinajstić information content (AvgIpc) is 2.92. The van der Waals surface area contributed by atoms with Crippen LogP contribution in [-0.2, 0) is 16.0 Å². The zero-order chi connectivity index (χ0) is 13.9. The van der Waals surface area contributed by atoms with Crippen molar-refractivity contribution in [3.8, 4) is 0 Å². The molecule has 1 aliphatic heterocycles. The minimum atomic E-state index is -0.575. The van der Waals surface area contributed by atoms with Crippen LogP contribution in [0.5, 0.6) is 0 Å². The molecule has 4 heteroatoms. The van der Waals surface area contributed by atoms with Crippen LogP contribution in [0.4, 0.5) is 0 Å². The van der Waals surface area contributed by atoms with Crippen LogP contribution >= 0.6 is 0 Å². The molecule has 4 rings (SSSR count). The Bertz CT molecular complexity index is 633. The van der Waals surface area contributed by atoms with Gasteiger partial charge in [-0.1, -0.05) is 18.2 Å². The average molecular weight is 269 g/mol. The second-order valence-corrected chi connectivity index (χ2v) is 5.84. The molecule has 2 atom stereocenters. The molecule has 1 aromatic carbocycles. The van der Waals surface area contributed by atoms with Crippen molar-refractivity contribution in [2.75, 3.05) is 0 Å². The Morgan fingerprint density at radius 2 is 1.75 bits per heavy atom. The number of carbonyl (C=O) groups is 3. The monoisotopic (exact) mass is 269 g/mol. The summed E-state index contributed by atoms with van der Waals surface area (Å²) in [5, 5.41) is 0. The lowest BCUT2D eigenvalue weighted by atomic mass is 9.82. The minimum Gasteiger partial charge on any atom is -0.292 e. The molecule has 2 unspecified atom stereocenters. The number of benzene rings is 1. The predicted molar refractivity (Wildman–Crippen MR) is 71.3 cm³/mol. The van der Waals surface area contributed by atoms with E-state index in [1.807, 2.05) is 12.1 Å². The Kier molecular flexibility index (Phi) is 2.37. The summed E-state index contributed by atoms with van der Waals surface area (Å²) in [4.78, 5) is 37.9. The minimum absolute atomic E-state index is 0.0217. The molecule has 1 aromatic rings. The molecule has 0 N–H and O–H groups in total. The van der Waals surface area contributed by atoms with Gasteiger partial charge in [-0.25, -0.2) is 0 Å². The number of nitrogens with zero attached hydrogens (tertiary/aromatic N) is 1.